The van der Waals surface area contributed by atoms with Crippen LogP contribution in [-0.2, 0) is 9.47 Å². The maximum Gasteiger partial charge on any atom is 0.268 e. The molecule has 0 saturated heterocycles. The fourth-order valence-electron chi connectivity index (χ4n) is 0.538. The van der Waals surface area contributed by atoms with Gasteiger partial charge in [0, 0.05) is 13.2 Å². The zero-order valence-corrected chi connectivity index (χ0v) is 9.01. The van der Waals surface area contributed by atoms with E-state index in [1.54, 1.807) is 0 Å². The first-order valence-corrected chi connectivity index (χ1v) is 4.77. The van der Waals surface area contributed by atoms with E-state index in [1.165, 1.54) is 0 Å². The Morgan fingerprint density at radius 1 is 1.23 bits per heavy atom. The van der Waals surface area contributed by atoms with Gasteiger partial charge in [-0.3, -0.25) is 0 Å². The summed E-state index contributed by atoms with van der Waals surface area (Å²) in [6.45, 7) is 11.5. The molecule has 13 heavy (non-hydrogen) atoms. The second kappa shape index (κ2) is 13.9. The minimum absolute atomic E-state index is 0.182. The van der Waals surface area contributed by atoms with Gasteiger partial charge >= 0.3 is 0 Å². The molecular weight excluding hydrogens is 168 g/mol. The second-order valence-electron chi connectivity index (χ2n) is 2.38. The van der Waals surface area contributed by atoms with Crippen molar-refractivity contribution in [3.63, 3.8) is 0 Å². The molecule has 0 aromatic carbocycles. The van der Waals surface area contributed by atoms with Crippen molar-refractivity contribution in [2.75, 3.05) is 19.8 Å². The number of hydrogen-bond donors (Lipinski definition) is 1. The molecule has 1 N–H and O–H groups in total. The van der Waals surface area contributed by atoms with Crippen molar-refractivity contribution >= 4 is 0 Å². The zero-order valence-electron chi connectivity index (χ0n) is 9.01. The van der Waals surface area contributed by atoms with Crippen molar-refractivity contribution in [2.24, 2.45) is 0 Å². The average Bonchev–Trinajstić information content (AvgIpc) is 2.07. The molecular formula is C10H22O3. The topological polar surface area (TPSA) is 38.7 Å². The SMILES string of the molecule is C=C(O)OCCCC.CCOCC. The predicted molar refractivity (Wildman–Crippen MR) is 54.8 cm³/mol. The Hall–Kier alpha value is -0.700. The number of rotatable bonds is 6. The molecule has 0 saturated carbocycles. The van der Waals surface area contributed by atoms with Crippen LogP contribution >= 0.6 is 0 Å². The van der Waals surface area contributed by atoms with Crippen LogP contribution in [0.1, 0.15) is 33.6 Å². The molecule has 0 aromatic rings. The van der Waals surface area contributed by atoms with Crippen LogP contribution in [0.4, 0.5) is 0 Å². The molecule has 0 unspecified atom stereocenters. The molecule has 0 spiro atoms. The largest absolute Gasteiger partial charge is 0.481 e. The van der Waals surface area contributed by atoms with Crippen molar-refractivity contribution in [1.82, 2.24) is 0 Å². The van der Waals surface area contributed by atoms with E-state index in [-0.39, 0.29) is 5.95 Å². The molecule has 0 atom stereocenters. The fourth-order valence-corrected chi connectivity index (χ4v) is 0.538. The van der Waals surface area contributed by atoms with Gasteiger partial charge in [-0.05, 0) is 26.8 Å². The molecule has 3 nitrogen and oxygen atoms in total. The molecule has 0 amide bonds. The van der Waals surface area contributed by atoms with Crippen LogP contribution in [0.15, 0.2) is 12.5 Å². The summed E-state index contributed by atoms with van der Waals surface area (Å²) >= 11 is 0. The summed E-state index contributed by atoms with van der Waals surface area (Å²) in [6.07, 6.45) is 2.05. The highest BCUT2D eigenvalue weighted by atomic mass is 16.6. The molecule has 3 heteroatoms. The van der Waals surface area contributed by atoms with Gasteiger partial charge in [0.15, 0.2) is 0 Å². The Balaban J connectivity index is 0. The first-order valence-electron chi connectivity index (χ1n) is 4.77. The third kappa shape index (κ3) is 24.6. The van der Waals surface area contributed by atoms with Gasteiger partial charge in [-0.25, -0.2) is 0 Å². The minimum atomic E-state index is -0.182. The van der Waals surface area contributed by atoms with E-state index in [0.29, 0.717) is 6.61 Å². The lowest BCUT2D eigenvalue weighted by molar-refractivity contribution is 0.0935. The van der Waals surface area contributed by atoms with Crippen molar-refractivity contribution in [3.8, 4) is 0 Å². The van der Waals surface area contributed by atoms with Crippen LogP contribution in [0.3, 0.4) is 0 Å². The standard InChI is InChI=1S/C6H12O2.C4H10O/c1-3-4-5-8-6(2)7;1-3-5-4-2/h7H,2-5H2,1H3;3-4H2,1-2H3. The van der Waals surface area contributed by atoms with Gasteiger partial charge in [0.2, 0.25) is 0 Å². The molecule has 0 aliphatic rings. The lowest BCUT2D eigenvalue weighted by Crippen LogP contribution is -1.91. The molecule has 0 radical (unpaired) electrons. The smallest absolute Gasteiger partial charge is 0.268 e. The van der Waals surface area contributed by atoms with Crippen molar-refractivity contribution in [1.29, 1.82) is 0 Å². The van der Waals surface area contributed by atoms with Crippen LogP contribution in [0, 0.1) is 0 Å². The highest BCUT2D eigenvalue weighted by Gasteiger charge is 1.84. The summed E-state index contributed by atoms with van der Waals surface area (Å²) in [6, 6.07) is 0. The van der Waals surface area contributed by atoms with Crippen LogP contribution in [0.5, 0.6) is 0 Å². The van der Waals surface area contributed by atoms with E-state index in [9.17, 15) is 0 Å². The monoisotopic (exact) mass is 190 g/mol. The third-order valence-corrected chi connectivity index (χ3v) is 1.17. The van der Waals surface area contributed by atoms with E-state index in [4.69, 9.17) is 9.84 Å². The highest BCUT2D eigenvalue weighted by Crippen LogP contribution is 1.91. The quantitative estimate of drug-likeness (QED) is 0.517. The van der Waals surface area contributed by atoms with Crippen LogP contribution < -0.4 is 0 Å². The van der Waals surface area contributed by atoms with Gasteiger partial charge in [-0.2, -0.15) is 0 Å². The number of aliphatic hydroxyl groups is 1. The zero-order chi connectivity index (χ0) is 10.5. The number of hydrogen-bond acceptors (Lipinski definition) is 3. The van der Waals surface area contributed by atoms with Crippen molar-refractivity contribution < 1.29 is 14.6 Å². The molecule has 0 rings (SSSR count). The molecule has 80 valence electrons. The van der Waals surface area contributed by atoms with E-state index >= 15 is 0 Å². The molecule has 0 heterocycles. The summed E-state index contributed by atoms with van der Waals surface area (Å²) < 4.78 is 9.48. The lowest BCUT2D eigenvalue weighted by atomic mass is 10.4. The minimum Gasteiger partial charge on any atom is -0.481 e. The summed E-state index contributed by atoms with van der Waals surface area (Å²) in [5, 5.41) is 8.36. The first-order chi connectivity index (χ1) is 6.18. The molecule has 0 aliphatic carbocycles. The lowest BCUT2D eigenvalue weighted by Gasteiger charge is -1.99. The van der Waals surface area contributed by atoms with Crippen LogP contribution in [-0.4, -0.2) is 24.9 Å². The Morgan fingerprint density at radius 3 is 2.00 bits per heavy atom. The highest BCUT2D eigenvalue weighted by molar-refractivity contribution is 4.61. The predicted octanol–water partition coefficient (Wildman–Crippen LogP) is 2.88. The van der Waals surface area contributed by atoms with Gasteiger partial charge in [-0.15, -0.1) is 0 Å². The van der Waals surface area contributed by atoms with E-state index in [0.717, 1.165) is 26.1 Å². The van der Waals surface area contributed by atoms with Gasteiger partial charge < -0.3 is 14.6 Å². The Labute approximate surface area is 81.4 Å². The normalized spacial score (nSPS) is 8.54. The molecule has 0 bridgehead atoms. The molecule has 0 aliphatic heterocycles. The van der Waals surface area contributed by atoms with Crippen molar-refractivity contribution in [2.45, 2.75) is 33.6 Å². The van der Waals surface area contributed by atoms with E-state index in [2.05, 4.69) is 18.2 Å². The molecule has 0 aromatic heterocycles. The Morgan fingerprint density at radius 2 is 1.77 bits per heavy atom. The van der Waals surface area contributed by atoms with Crippen molar-refractivity contribution in [3.05, 3.63) is 12.5 Å². The summed E-state index contributed by atoms with van der Waals surface area (Å²) in [5.41, 5.74) is 0. The van der Waals surface area contributed by atoms with Gasteiger partial charge in [0.05, 0.1) is 6.61 Å². The van der Waals surface area contributed by atoms with E-state index in [1.807, 2.05) is 13.8 Å². The number of aliphatic hydroxyl groups excluding tert-OH is 1. The maximum atomic E-state index is 8.36. The van der Waals surface area contributed by atoms with Crippen LogP contribution in [0.2, 0.25) is 0 Å². The van der Waals surface area contributed by atoms with Gasteiger partial charge in [-0.1, -0.05) is 13.3 Å². The summed E-state index contributed by atoms with van der Waals surface area (Å²) in [7, 11) is 0. The fraction of sp³-hybridized carbons (Fsp3) is 0.800. The number of unbranched alkanes of at least 4 members (excludes halogenated alkanes) is 1. The maximum absolute atomic E-state index is 8.36. The summed E-state index contributed by atoms with van der Waals surface area (Å²) in [5.74, 6) is -0.182. The second-order valence-corrected chi connectivity index (χ2v) is 2.38. The van der Waals surface area contributed by atoms with Crippen LogP contribution in [0.25, 0.3) is 0 Å². The number of ether oxygens (including phenoxy) is 2. The average molecular weight is 190 g/mol. The van der Waals surface area contributed by atoms with Gasteiger partial charge in [0.1, 0.15) is 0 Å². The molecule has 0 fully saturated rings. The summed E-state index contributed by atoms with van der Waals surface area (Å²) in [4.78, 5) is 0. The Kier molecular flexibility index (Phi) is 15.8. The van der Waals surface area contributed by atoms with E-state index < -0.39 is 0 Å². The Bertz CT molecular complexity index is 100. The third-order valence-electron chi connectivity index (χ3n) is 1.17. The first kappa shape index (κ1) is 14.8. The van der Waals surface area contributed by atoms with Gasteiger partial charge in [0.25, 0.3) is 5.95 Å².